The minimum Gasteiger partial charge on any atom is -0.481 e. The van der Waals surface area contributed by atoms with Crippen LogP contribution < -0.4 is 5.32 Å². The van der Waals surface area contributed by atoms with Gasteiger partial charge in [-0.05, 0) is 74.3 Å². The Bertz CT molecular complexity index is 2220. The van der Waals surface area contributed by atoms with E-state index in [9.17, 15) is 20.0 Å². The summed E-state index contributed by atoms with van der Waals surface area (Å²) in [7, 11) is 1.88. The molecule has 7 rings (SSSR count). The van der Waals surface area contributed by atoms with Crippen molar-refractivity contribution in [3.63, 3.8) is 0 Å². The van der Waals surface area contributed by atoms with Gasteiger partial charge < -0.3 is 19.4 Å². The van der Waals surface area contributed by atoms with Crippen LogP contribution in [0.5, 0.6) is 0 Å². The topological polar surface area (TPSA) is 141 Å². The second kappa shape index (κ2) is 13.0. The summed E-state index contributed by atoms with van der Waals surface area (Å²) in [5.41, 5.74) is 7.09. The van der Waals surface area contributed by atoms with E-state index in [2.05, 4.69) is 28.1 Å². The van der Waals surface area contributed by atoms with Crippen molar-refractivity contribution < 1.29 is 19.1 Å². The molecule has 0 saturated carbocycles. The van der Waals surface area contributed by atoms with E-state index in [1.54, 1.807) is 19.1 Å². The normalized spacial score (nSPS) is 17.9. The lowest BCUT2D eigenvalue weighted by atomic mass is 9.90. The van der Waals surface area contributed by atoms with E-state index in [4.69, 9.17) is 26.0 Å². The van der Waals surface area contributed by atoms with Gasteiger partial charge in [-0.2, -0.15) is 5.26 Å². The number of carboxylic acid groups (broad SMARTS) is 1. The molecule has 0 aliphatic carbocycles. The molecule has 5 aromatic rings. The number of amides is 1. The van der Waals surface area contributed by atoms with Crippen LogP contribution in [0.3, 0.4) is 0 Å². The lowest BCUT2D eigenvalue weighted by molar-refractivity contribution is -0.147. The smallest absolute Gasteiger partial charge is 0.310 e. The summed E-state index contributed by atoms with van der Waals surface area (Å²) in [6, 6.07) is 17.2. The average Bonchev–Trinajstić information content (AvgIpc) is 3.80. The van der Waals surface area contributed by atoms with Gasteiger partial charge in [-0.25, -0.2) is 9.97 Å². The van der Waals surface area contributed by atoms with Crippen molar-refractivity contribution in [1.29, 1.82) is 5.26 Å². The van der Waals surface area contributed by atoms with Crippen molar-refractivity contribution in [2.75, 3.05) is 31.5 Å². The largest absolute Gasteiger partial charge is 0.481 e. The number of imidazole rings is 1. The first-order valence-electron chi connectivity index (χ1n) is 16.8. The van der Waals surface area contributed by atoms with Gasteiger partial charge in [0.2, 0.25) is 5.89 Å². The number of aliphatic carboxylic acids is 1. The Labute approximate surface area is 295 Å². The summed E-state index contributed by atoms with van der Waals surface area (Å²) >= 11 is 6.99. The fourth-order valence-corrected chi connectivity index (χ4v) is 7.51. The molecule has 1 atom stereocenters. The number of nitriles is 1. The Morgan fingerprint density at radius 2 is 1.86 bits per heavy atom. The Morgan fingerprint density at radius 3 is 2.60 bits per heavy atom. The van der Waals surface area contributed by atoms with Crippen molar-refractivity contribution in [3.8, 4) is 28.7 Å². The maximum absolute atomic E-state index is 13.5. The molecule has 12 heteroatoms. The summed E-state index contributed by atoms with van der Waals surface area (Å²) in [6.07, 6.45) is 1.42. The van der Waals surface area contributed by atoms with E-state index < -0.39 is 11.4 Å². The molecule has 1 amide bonds. The van der Waals surface area contributed by atoms with Crippen molar-refractivity contribution in [1.82, 2.24) is 24.3 Å². The molecule has 50 heavy (non-hydrogen) atoms. The van der Waals surface area contributed by atoms with Gasteiger partial charge >= 0.3 is 5.97 Å². The summed E-state index contributed by atoms with van der Waals surface area (Å²) in [5.74, 6) is -0.402. The van der Waals surface area contributed by atoms with Crippen LogP contribution in [0.4, 0.5) is 5.69 Å². The minimum absolute atomic E-state index is 0.325. The van der Waals surface area contributed by atoms with E-state index >= 15 is 0 Å². The Hall–Kier alpha value is -5.02. The van der Waals surface area contributed by atoms with Gasteiger partial charge in [0.25, 0.3) is 5.91 Å². The van der Waals surface area contributed by atoms with E-state index in [1.165, 1.54) is 0 Å². The molecule has 1 saturated heterocycles. The van der Waals surface area contributed by atoms with Crippen LogP contribution in [0.1, 0.15) is 59.0 Å². The number of oxazole rings is 1. The third-order valence-electron chi connectivity index (χ3n) is 10.2. The number of halogens is 1. The first-order valence-corrected chi connectivity index (χ1v) is 17.1. The first kappa shape index (κ1) is 33.5. The average molecular weight is 692 g/mol. The second-order valence-electron chi connectivity index (χ2n) is 13.6. The molecule has 0 bridgehead atoms. The number of aromatic nitrogens is 3. The van der Waals surface area contributed by atoms with Crippen molar-refractivity contribution in [2.45, 2.75) is 46.7 Å². The number of hydrogen-bond acceptors (Lipinski definition) is 8. The highest BCUT2D eigenvalue weighted by atomic mass is 35.5. The zero-order valence-corrected chi connectivity index (χ0v) is 29.3. The van der Waals surface area contributed by atoms with Crippen LogP contribution in [0, 0.1) is 23.7 Å². The van der Waals surface area contributed by atoms with E-state index in [0.717, 1.165) is 65.3 Å². The van der Waals surface area contributed by atoms with Crippen LogP contribution in [0.25, 0.3) is 33.7 Å². The number of carbonyl (C=O) groups excluding carboxylic acids is 1. The van der Waals surface area contributed by atoms with Gasteiger partial charge in [-0.1, -0.05) is 42.8 Å². The van der Waals surface area contributed by atoms with Crippen LogP contribution >= 0.6 is 11.6 Å². The van der Waals surface area contributed by atoms with Gasteiger partial charge in [-0.15, -0.1) is 0 Å². The monoisotopic (exact) mass is 691 g/mol. The van der Waals surface area contributed by atoms with Crippen molar-refractivity contribution >= 4 is 40.3 Å². The number of fused-ring (bicyclic) bond motifs is 2. The number of rotatable bonds is 8. The maximum Gasteiger partial charge on any atom is 0.310 e. The number of nitrogens with zero attached hydrogens (tertiary/aromatic N) is 6. The van der Waals surface area contributed by atoms with Crippen LogP contribution in [-0.4, -0.2) is 67.5 Å². The predicted molar refractivity (Wildman–Crippen MR) is 191 cm³/mol. The number of anilines is 1. The first-order chi connectivity index (χ1) is 24.0. The molecule has 4 heterocycles. The number of nitrogens with one attached hydrogen (secondary N) is 1. The Balaban J connectivity index is 1.16. The molecule has 2 aromatic heterocycles. The Morgan fingerprint density at radius 1 is 1.10 bits per heavy atom. The second-order valence-corrected chi connectivity index (χ2v) is 13.9. The molecule has 3 aromatic carbocycles. The number of likely N-dealkylation sites (N-methyl/N-ethyl adjacent to an activating group) is 1. The van der Waals surface area contributed by atoms with Crippen molar-refractivity contribution in [2.24, 2.45) is 12.5 Å². The summed E-state index contributed by atoms with van der Waals surface area (Å²) in [6.45, 7) is 10.1. The molecule has 256 valence electrons. The summed E-state index contributed by atoms with van der Waals surface area (Å²) in [5, 5.41) is 23.0. The van der Waals surface area contributed by atoms with Crippen LogP contribution in [0.2, 0.25) is 5.02 Å². The minimum atomic E-state index is -0.796. The zero-order valence-electron chi connectivity index (χ0n) is 28.5. The lowest BCUT2D eigenvalue weighted by Gasteiger charge is -2.24. The third-order valence-corrected chi connectivity index (χ3v) is 10.6. The zero-order chi connectivity index (χ0) is 35.3. The number of carboxylic acids is 1. The molecule has 2 aliphatic rings. The molecule has 0 unspecified atom stereocenters. The van der Waals surface area contributed by atoms with Gasteiger partial charge in [0, 0.05) is 56.5 Å². The number of hydrogen-bond donors (Lipinski definition) is 2. The quantitative estimate of drug-likeness (QED) is 0.183. The summed E-state index contributed by atoms with van der Waals surface area (Å²) < 4.78 is 8.11. The van der Waals surface area contributed by atoms with Crippen LogP contribution in [0.15, 0.2) is 52.9 Å². The van der Waals surface area contributed by atoms with Crippen molar-refractivity contribution in [3.05, 3.63) is 87.5 Å². The molecular formula is C38H38ClN7O4. The standard InChI is InChI=1S/C38H38ClN7O4/c1-5-45-14-12-31-30(20-45)41-34(44(31)4)35(47)42-28-11-7-10-27(32(28)39)25-8-6-9-26(22(25)2)36-43-29-17-23(16-24(18-40)33(29)50-36)19-46-15-13-38(3,21-46)37(48)49/h6-11,16-17H,5,12-15,19-21H2,1-4H3,(H,42,47)(H,48,49)/t38-/m1/s1. The number of likely N-dealkylation sites (tertiary alicyclic amines) is 1. The molecule has 2 N–H and O–H groups in total. The van der Waals surface area contributed by atoms with E-state index in [-0.39, 0.29) is 5.91 Å². The highest BCUT2D eigenvalue weighted by Gasteiger charge is 2.40. The molecule has 2 aliphatic heterocycles. The number of benzene rings is 3. The number of carbonyl (C=O) groups is 2. The molecule has 1 fully saturated rings. The predicted octanol–water partition coefficient (Wildman–Crippen LogP) is 6.66. The SMILES string of the molecule is CCN1CCc2c(nc(C(=O)Nc3cccc(-c4cccc(-c5nc6cc(CN7CC[C@@](C)(C(=O)O)C7)cc(C#N)c6o5)c4C)c3Cl)n2C)C1. The summed E-state index contributed by atoms with van der Waals surface area (Å²) in [4.78, 5) is 39.1. The molecule has 11 nitrogen and oxygen atoms in total. The van der Waals surface area contributed by atoms with Gasteiger partial charge in [0.1, 0.15) is 11.6 Å². The van der Waals surface area contributed by atoms with Gasteiger partial charge in [-0.3, -0.25) is 19.4 Å². The Kier molecular flexibility index (Phi) is 8.72. The van der Waals surface area contributed by atoms with Gasteiger partial charge in [0.15, 0.2) is 11.4 Å². The maximum atomic E-state index is 13.5. The highest BCUT2D eigenvalue weighted by Crippen LogP contribution is 2.40. The molecule has 0 radical (unpaired) electrons. The third kappa shape index (κ3) is 5.93. The highest BCUT2D eigenvalue weighted by molar-refractivity contribution is 6.36. The van der Waals surface area contributed by atoms with E-state index in [1.807, 2.05) is 54.9 Å². The fraction of sp³-hybridized carbons (Fsp3) is 0.342. The molecular weight excluding hydrogens is 654 g/mol. The van der Waals surface area contributed by atoms with E-state index in [0.29, 0.717) is 65.1 Å². The molecule has 0 spiro atoms. The van der Waals surface area contributed by atoms with Gasteiger partial charge in [0.05, 0.1) is 27.4 Å². The fourth-order valence-electron chi connectivity index (χ4n) is 7.23. The van der Waals surface area contributed by atoms with Crippen LogP contribution in [-0.2, 0) is 31.4 Å². The lowest BCUT2D eigenvalue weighted by Crippen LogP contribution is -2.31.